The minimum Gasteiger partial charge on any atom is -0.481 e. The molecular weight excluding hydrogens is 260 g/mol. The average Bonchev–Trinajstić information content (AvgIpc) is 2.27. The summed E-state index contributed by atoms with van der Waals surface area (Å²) in [6.45, 7) is 7.31. The van der Waals surface area contributed by atoms with Gasteiger partial charge >= 0.3 is 11.9 Å². The molecule has 0 atom stereocenters. The van der Waals surface area contributed by atoms with Crippen molar-refractivity contribution in [2.45, 2.75) is 57.8 Å². The zero-order chi connectivity index (χ0) is 14.5. The van der Waals surface area contributed by atoms with Crippen LogP contribution in [0.3, 0.4) is 0 Å². The summed E-state index contributed by atoms with van der Waals surface area (Å²) >= 11 is 0. The van der Waals surface area contributed by atoms with E-state index in [4.69, 9.17) is 9.84 Å². The first kappa shape index (κ1) is 16.2. The van der Waals surface area contributed by atoms with E-state index in [0.717, 1.165) is 18.9 Å². The van der Waals surface area contributed by atoms with Crippen LogP contribution in [0, 0.1) is 11.8 Å². The van der Waals surface area contributed by atoms with Crippen molar-refractivity contribution >= 4 is 20.0 Å². The highest BCUT2D eigenvalue weighted by atomic mass is 28.3. The minimum atomic E-state index is -1.14. The quantitative estimate of drug-likeness (QED) is 0.602. The molecule has 19 heavy (non-hydrogen) atoms. The molecule has 1 saturated carbocycles. The first-order valence-electron chi connectivity index (χ1n) is 7.16. The van der Waals surface area contributed by atoms with Gasteiger partial charge in [-0.25, -0.2) is 0 Å². The summed E-state index contributed by atoms with van der Waals surface area (Å²) in [6, 6.07) is 1.00. The lowest BCUT2D eigenvalue weighted by Gasteiger charge is -2.25. The van der Waals surface area contributed by atoms with Crippen molar-refractivity contribution in [3.8, 4) is 0 Å². The van der Waals surface area contributed by atoms with Gasteiger partial charge in [0.2, 0.25) is 0 Å². The summed E-state index contributed by atoms with van der Waals surface area (Å²) < 4.78 is 5.27. The second-order valence-electron chi connectivity index (χ2n) is 6.79. The van der Waals surface area contributed by atoms with Crippen molar-refractivity contribution in [1.82, 2.24) is 0 Å². The van der Waals surface area contributed by atoms with E-state index in [1.54, 1.807) is 0 Å². The van der Waals surface area contributed by atoms with Crippen LogP contribution in [0.15, 0.2) is 0 Å². The van der Waals surface area contributed by atoms with Crippen molar-refractivity contribution in [2.24, 2.45) is 11.8 Å². The maximum atomic E-state index is 11.7. The normalized spacial score (nSPS) is 23.9. The van der Waals surface area contributed by atoms with Crippen LogP contribution in [0.2, 0.25) is 25.7 Å². The predicted octanol–water partition coefficient (Wildman–Crippen LogP) is 3.15. The third-order valence-corrected chi connectivity index (χ3v) is 5.47. The highest BCUT2D eigenvalue weighted by Crippen LogP contribution is 2.31. The average molecular weight is 286 g/mol. The lowest BCUT2D eigenvalue weighted by molar-refractivity contribution is -0.145. The summed E-state index contributed by atoms with van der Waals surface area (Å²) in [4.78, 5) is 22.5. The van der Waals surface area contributed by atoms with Gasteiger partial charge in [-0.05, 0) is 37.6 Å². The van der Waals surface area contributed by atoms with Crippen molar-refractivity contribution < 1.29 is 19.4 Å². The Balaban J connectivity index is 2.18. The zero-order valence-corrected chi connectivity index (χ0v) is 13.3. The minimum absolute atomic E-state index is 0.114. The molecule has 0 aromatic carbocycles. The Morgan fingerprint density at radius 2 is 1.74 bits per heavy atom. The SMILES string of the molecule is C[Si](C)(C)CCOC(=O)CC1CCC(C(=O)O)CC1. The number of carboxylic acid groups (broad SMARTS) is 1. The van der Waals surface area contributed by atoms with Gasteiger partial charge in [-0.2, -0.15) is 0 Å². The van der Waals surface area contributed by atoms with Crippen LogP contribution in [0.1, 0.15) is 32.1 Å². The number of esters is 1. The van der Waals surface area contributed by atoms with Crippen LogP contribution in [-0.2, 0) is 14.3 Å². The number of ether oxygens (including phenoxy) is 1. The molecule has 0 spiro atoms. The second kappa shape index (κ2) is 7.08. The molecule has 4 nitrogen and oxygen atoms in total. The molecule has 0 heterocycles. The Bertz CT molecular complexity index is 314. The van der Waals surface area contributed by atoms with Gasteiger partial charge in [0, 0.05) is 14.5 Å². The monoisotopic (exact) mass is 286 g/mol. The second-order valence-corrected chi connectivity index (χ2v) is 12.4. The van der Waals surface area contributed by atoms with Crippen LogP contribution in [0.4, 0.5) is 0 Å². The summed E-state index contributed by atoms with van der Waals surface area (Å²) in [5, 5.41) is 8.91. The first-order valence-corrected chi connectivity index (χ1v) is 10.9. The van der Waals surface area contributed by atoms with Crippen molar-refractivity contribution in [2.75, 3.05) is 6.61 Å². The summed E-state index contributed by atoms with van der Waals surface area (Å²) in [7, 11) is -1.14. The molecule has 0 bridgehead atoms. The van der Waals surface area contributed by atoms with Gasteiger partial charge in [0.1, 0.15) is 0 Å². The maximum absolute atomic E-state index is 11.7. The topological polar surface area (TPSA) is 63.6 Å². The van der Waals surface area contributed by atoms with E-state index >= 15 is 0 Å². The van der Waals surface area contributed by atoms with E-state index in [2.05, 4.69) is 19.6 Å². The molecule has 1 N–H and O–H groups in total. The van der Waals surface area contributed by atoms with Crippen LogP contribution in [0.5, 0.6) is 0 Å². The number of aliphatic carboxylic acids is 1. The van der Waals surface area contributed by atoms with E-state index in [1.165, 1.54) is 0 Å². The van der Waals surface area contributed by atoms with E-state index in [0.29, 0.717) is 31.8 Å². The predicted molar refractivity (Wildman–Crippen MR) is 76.8 cm³/mol. The van der Waals surface area contributed by atoms with Crippen molar-refractivity contribution in [3.05, 3.63) is 0 Å². The molecule has 0 aromatic heterocycles. The van der Waals surface area contributed by atoms with Crippen LogP contribution in [-0.4, -0.2) is 31.7 Å². The molecule has 1 fully saturated rings. The molecule has 0 amide bonds. The van der Waals surface area contributed by atoms with Gasteiger partial charge in [-0.15, -0.1) is 0 Å². The summed E-state index contributed by atoms with van der Waals surface area (Å²) in [6.07, 6.45) is 3.52. The lowest BCUT2D eigenvalue weighted by Crippen LogP contribution is -2.25. The lowest BCUT2D eigenvalue weighted by atomic mass is 9.80. The Morgan fingerprint density at radius 1 is 1.16 bits per heavy atom. The van der Waals surface area contributed by atoms with E-state index < -0.39 is 14.0 Å². The Morgan fingerprint density at radius 3 is 2.21 bits per heavy atom. The highest BCUT2D eigenvalue weighted by molar-refractivity contribution is 6.76. The molecular formula is C14H26O4Si. The van der Waals surface area contributed by atoms with Crippen LogP contribution >= 0.6 is 0 Å². The largest absolute Gasteiger partial charge is 0.481 e. The molecule has 0 aromatic rings. The van der Waals surface area contributed by atoms with Gasteiger partial charge in [0.05, 0.1) is 12.5 Å². The molecule has 110 valence electrons. The first-order chi connectivity index (χ1) is 8.78. The van der Waals surface area contributed by atoms with Crippen LogP contribution in [0.25, 0.3) is 0 Å². The van der Waals surface area contributed by atoms with Gasteiger partial charge in [0.15, 0.2) is 0 Å². The zero-order valence-electron chi connectivity index (χ0n) is 12.3. The van der Waals surface area contributed by atoms with E-state index in [-0.39, 0.29) is 11.9 Å². The van der Waals surface area contributed by atoms with E-state index in [1.807, 2.05) is 0 Å². The molecule has 1 rings (SSSR count). The number of hydrogen-bond acceptors (Lipinski definition) is 3. The highest BCUT2D eigenvalue weighted by Gasteiger charge is 2.27. The number of carbonyl (C=O) groups excluding carboxylic acids is 1. The van der Waals surface area contributed by atoms with Gasteiger partial charge in [-0.3, -0.25) is 9.59 Å². The standard InChI is InChI=1S/C14H26O4Si/c1-19(2,3)9-8-18-13(15)10-11-4-6-12(7-5-11)14(16)17/h11-12H,4-10H2,1-3H3,(H,16,17). The van der Waals surface area contributed by atoms with Crippen molar-refractivity contribution in [1.29, 1.82) is 0 Å². The maximum Gasteiger partial charge on any atom is 0.306 e. The molecule has 0 aliphatic heterocycles. The molecule has 0 saturated heterocycles. The third kappa shape index (κ3) is 6.75. The number of carbonyl (C=O) groups is 2. The fraction of sp³-hybridized carbons (Fsp3) is 0.857. The number of carboxylic acids is 1. The molecule has 5 heteroatoms. The van der Waals surface area contributed by atoms with E-state index in [9.17, 15) is 9.59 Å². The van der Waals surface area contributed by atoms with Gasteiger partial charge in [0.25, 0.3) is 0 Å². The fourth-order valence-corrected chi connectivity index (χ4v) is 3.09. The molecule has 1 aliphatic rings. The fourth-order valence-electron chi connectivity index (χ4n) is 2.38. The van der Waals surface area contributed by atoms with Crippen molar-refractivity contribution in [3.63, 3.8) is 0 Å². The third-order valence-electron chi connectivity index (χ3n) is 3.77. The summed E-state index contributed by atoms with van der Waals surface area (Å²) in [5.74, 6) is -0.706. The van der Waals surface area contributed by atoms with Gasteiger partial charge in [-0.1, -0.05) is 19.6 Å². The van der Waals surface area contributed by atoms with Crippen LogP contribution < -0.4 is 0 Å². The van der Waals surface area contributed by atoms with Gasteiger partial charge < -0.3 is 9.84 Å². The molecule has 1 aliphatic carbocycles. The Kier molecular flexibility index (Phi) is 6.04. The molecule has 0 unspecified atom stereocenters. The number of rotatable bonds is 6. The molecule has 0 radical (unpaired) electrons. The summed E-state index contributed by atoms with van der Waals surface area (Å²) in [5.41, 5.74) is 0. The number of hydrogen-bond donors (Lipinski definition) is 1. The Labute approximate surface area is 116 Å². The smallest absolute Gasteiger partial charge is 0.306 e. The Hall–Kier alpha value is -0.843.